The van der Waals surface area contributed by atoms with Gasteiger partial charge in [-0.3, -0.25) is 0 Å². The van der Waals surface area contributed by atoms with Crippen LogP contribution in [0.2, 0.25) is 23.2 Å². The van der Waals surface area contributed by atoms with Crippen molar-refractivity contribution in [1.29, 1.82) is 0 Å². The van der Waals surface area contributed by atoms with Gasteiger partial charge >= 0.3 is 8.64 Å². The molecule has 0 aliphatic carbocycles. The van der Waals surface area contributed by atoms with Crippen molar-refractivity contribution in [2.75, 3.05) is 20.7 Å². The zero-order valence-corrected chi connectivity index (χ0v) is 16.7. The van der Waals surface area contributed by atoms with Crippen molar-refractivity contribution in [3.63, 3.8) is 0 Å². The molecule has 1 N–H and O–H groups in total. The fraction of sp³-hybridized carbons (Fsp3) is 1.00. The van der Waals surface area contributed by atoms with Gasteiger partial charge in [0.15, 0.2) is 0 Å². The van der Waals surface area contributed by atoms with Crippen LogP contribution >= 0.6 is 0 Å². The number of nitrogens with one attached hydrogen (secondary N) is 1. The number of hydrogen-bond acceptors (Lipinski definition) is 3. The summed E-state index contributed by atoms with van der Waals surface area (Å²) in [6.45, 7) is 17.5. The number of nitrogens with zero attached hydrogens (tertiary/aromatic N) is 1. The van der Waals surface area contributed by atoms with Gasteiger partial charge < -0.3 is 13.6 Å². The minimum absolute atomic E-state index is 0.157. The Hall–Kier alpha value is 0.314. The van der Waals surface area contributed by atoms with E-state index in [-0.39, 0.29) is 5.04 Å². The van der Waals surface area contributed by atoms with Crippen molar-refractivity contribution < 1.29 is 4.43 Å². The Kier molecular flexibility index (Phi) is 7.48. The molecular weight excluding hydrogens is 268 g/mol. The highest BCUT2D eigenvalue weighted by molar-refractivity contribution is 6.90. The monoisotopic (exact) mass is 304 g/mol. The lowest BCUT2D eigenvalue weighted by atomic mass is 10.3. The smallest absolute Gasteiger partial charge is 0.353 e. The van der Waals surface area contributed by atoms with Crippen LogP contribution in [0.1, 0.15) is 48.5 Å². The second-order valence-corrected chi connectivity index (χ2v) is 16.2. The van der Waals surface area contributed by atoms with Gasteiger partial charge in [0.2, 0.25) is 0 Å². The van der Waals surface area contributed by atoms with E-state index < -0.39 is 16.9 Å². The summed E-state index contributed by atoms with van der Waals surface area (Å²) in [5, 5.41) is 0.157. The van der Waals surface area contributed by atoms with Crippen LogP contribution in [0.3, 0.4) is 0 Å². The molecule has 19 heavy (non-hydrogen) atoms. The molecule has 0 aromatic heterocycles. The molecule has 0 aliphatic rings. The highest BCUT2D eigenvalue weighted by Crippen LogP contribution is 2.41. The van der Waals surface area contributed by atoms with E-state index in [0.717, 1.165) is 6.54 Å². The predicted octanol–water partition coefficient (Wildman–Crippen LogP) is 3.92. The van der Waals surface area contributed by atoms with Gasteiger partial charge in [0.25, 0.3) is 0 Å². The average Bonchev–Trinajstić information content (AvgIpc) is 2.39. The van der Waals surface area contributed by atoms with E-state index in [2.05, 4.69) is 64.7 Å². The van der Waals surface area contributed by atoms with Crippen LogP contribution in [0, 0.1) is 0 Å². The van der Waals surface area contributed by atoms with Gasteiger partial charge in [-0.2, -0.15) is 0 Å². The topological polar surface area (TPSA) is 24.5 Å². The summed E-state index contributed by atoms with van der Waals surface area (Å²) < 4.78 is 9.01. The molecular formula is C14H36N2OSi2. The van der Waals surface area contributed by atoms with Crippen molar-refractivity contribution in [3.05, 3.63) is 0 Å². The lowest BCUT2D eigenvalue weighted by Crippen LogP contribution is -2.76. The standard InChI is InChI=1S/C14H36N2OSi2/c1-10-16(18(11-2,12-3)13-4)19(15-8,17-9)14(5,6)7/h15H,10-13H2,1-9H3. The largest absolute Gasteiger partial charge is 0.395 e. The molecule has 1 atom stereocenters. The first-order chi connectivity index (χ1) is 8.75. The van der Waals surface area contributed by atoms with Gasteiger partial charge in [-0.1, -0.05) is 48.5 Å². The molecule has 1 unspecified atom stereocenters. The second-order valence-electron chi connectivity index (χ2n) is 6.38. The molecule has 5 heteroatoms. The zero-order valence-electron chi connectivity index (χ0n) is 14.7. The lowest BCUT2D eigenvalue weighted by Gasteiger charge is -2.54. The molecule has 0 rings (SSSR count). The average molecular weight is 305 g/mol. The van der Waals surface area contributed by atoms with Gasteiger partial charge in [-0.05, 0) is 31.7 Å². The van der Waals surface area contributed by atoms with Crippen molar-refractivity contribution in [1.82, 2.24) is 9.21 Å². The maximum absolute atomic E-state index is 6.20. The Labute approximate surface area is 123 Å². The number of rotatable bonds is 8. The Balaban J connectivity index is 5.87. The van der Waals surface area contributed by atoms with Gasteiger partial charge in [0.05, 0.1) is 0 Å². The van der Waals surface area contributed by atoms with Crippen molar-refractivity contribution in [3.8, 4) is 0 Å². The summed E-state index contributed by atoms with van der Waals surface area (Å²) in [6, 6.07) is 3.93. The van der Waals surface area contributed by atoms with Crippen molar-refractivity contribution in [2.45, 2.75) is 71.6 Å². The van der Waals surface area contributed by atoms with Crippen LogP contribution in [-0.4, -0.2) is 41.8 Å². The fourth-order valence-corrected chi connectivity index (χ4v) is 16.0. The molecule has 0 spiro atoms. The van der Waals surface area contributed by atoms with E-state index in [4.69, 9.17) is 4.43 Å². The molecule has 0 amide bonds. The van der Waals surface area contributed by atoms with E-state index in [1.165, 1.54) is 18.1 Å². The molecule has 0 bridgehead atoms. The van der Waals surface area contributed by atoms with Crippen LogP contribution in [-0.2, 0) is 4.43 Å². The lowest BCUT2D eigenvalue weighted by molar-refractivity contribution is 0.291. The molecule has 116 valence electrons. The summed E-state index contributed by atoms with van der Waals surface area (Å²) in [6.07, 6.45) is 0. The van der Waals surface area contributed by atoms with Crippen LogP contribution in [0.4, 0.5) is 0 Å². The van der Waals surface area contributed by atoms with Crippen LogP contribution in [0.15, 0.2) is 0 Å². The third kappa shape index (κ3) is 3.32. The van der Waals surface area contributed by atoms with Gasteiger partial charge in [-0.25, -0.2) is 0 Å². The molecule has 0 fully saturated rings. The van der Waals surface area contributed by atoms with Crippen LogP contribution < -0.4 is 4.98 Å². The van der Waals surface area contributed by atoms with Crippen molar-refractivity contribution in [2.24, 2.45) is 0 Å². The maximum Gasteiger partial charge on any atom is 0.353 e. The number of hydrogen-bond donors (Lipinski definition) is 1. The van der Waals surface area contributed by atoms with E-state index in [9.17, 15) is 0 Å². The van der Waals surface area contributed by atoms with E-state index >= 15 is 0 Å². The quantitative estimate of drug-likeness (QED) is 0.688. The summed E-state index contributed by atoms with van der Waals surface area (Å²) in [5.74, 6) is 0. The minimum Gasteiger partial charge on any atom is -0.395 e. The van der Waals surface area contributed by atoms with Gasteiger partial charge in [-0.15, -0.1) is 0 Å². The summed E-state index contributed by atoms with van der Waals surface area (Å²) in [4.78, 5) is 3.64. The first-order valence-corrected chi connectivity index (χ1v) is 12.2. The van der Waals surface area contributed by atoms with Crippen LogP contribution in [0.5, 0.6) is 0 Å². The van der Waals surface area contributed by atoms with E-state index in [1.54, 1.807) is 0 Å². The Bertz CT molecular complexity index is 250. The highest BCUT2D eigenvalue weighted by Gasteiger charge is 2.56. The molecule has 0 aromatic carbocycles. The van der Waals surface area contributed by atoms with Crippen molar-refractivity contribution >= 4 is 16.9 Å². The van der Waals surface area contributed by atoms with E-state index in [1.807, 2.05) is 7.11 Å². The molecule has 0 heterocycles. The summed E-state index contributed by atoms with van der Waals surface area (Å²) in [7, 11) is 0.432. The Morgan fingerprint density at radius 1 is 1.00 bits per heavy atom. The minimum atomic E-state index is -2.13. The Morgan fingerprint density at radius 2 is 1.42 bits per heavy atom. The first kappa shape index (κ1) is 19.3. The second kappa shape index (κ2) is 7.36. The predicted molar refractivity (Wildman–Crippen MR) is 91.1 cm³/mol. The molecule has 0 aromatic rings. The highest BCUT2D eigenvalue weighted by atomic mass is 28.4. The fourth-order valence-electron chi connectivity index (χ4n) is 3.65. The first-order valence-electron chi connectivity index (χ1n) is 7.76. The van der Waals surface area contributed by atoms with Crippen LogP contribution in [0.25, 0.3) is 0 Å². The molecule has 0 radical (unpaired) electrons. The van der Waals surface area contributed by atoms with Gasteiger partial charge in [0, 0.05) is 12.1 Å². The summed E-state index contributed by atoms with van der Waals surface area (Å²) in [5.41, 5.74) is 0. The normalized spacial score (nSPS) is 16.7. The SMILES string of the molecule is CCN([Si](CC)(CC)CC)[Si](NC)(OC)C(C)(C)C. The van der Waals surface area contributed by atoms with E-state index in [0.29, 0.717) is 0 Å². The van der Waals surface area contributed by atoms with Gasteiger partial charge in [0.1, 0.15) is 8.24 Å². The summed E-state index contributed by atoms with van der Waals surface area (Å²) >= 11 is 0. The molecule has 0 saturated carbocycles. The Morgan fingerprint density at radius 3 is 1.58 bits per heavy atom. The third-order valence-electron chi connectivity index (χ3n) is 4.89. The molecule has 3 nitrogen and oxygen atoms in total. The zero-order chi connectivity index (χ0) is 15.3. The third-order valence-corrected chi connectivity index (χ3v) is 17.1. The molecule has 0 aliphatic heterocycles. The maximum atomic E-state index is 6.20. The molecule has 0 saturated heterocycles.